The summed E-state index contributed by atoms with van der Waals surface area (Å²) in [7, 11) is -0.949. The number of hydrogen-bond donors (Lipinski definition) is 1. The molecule has 0 saturated carbocycles. The summed E-state index contributed by atoms with van der Waals surface area (Å²) in [5, 5.41) is 3.03. The van der Waals surface area contributed by atoms with E-state index in [2.05, 4.69) is 5.32 Å². The highest BCUT2D eigenvalue weighted by atomic mass is 32.2. The van der Waals surface area contributed by atoms with Gasteiger partial charge in [0, 0.05) is 0 Å². The molecule has 0 fully saturated rings. The van der Waals surface area contributed by atoms with Gasteiger partial charge in [-0.05, 0) is 12.1 Å². The van der Waals surface area contributed by atoms with E-state index >= 15 is 0 Å². The Kier molecular flexibility index (Phi) is 1.94. The SMILES string of the molecule is O=S1CC(=S)Nc2ccccc21. The fourth-order valence-electron chi connectivity index (χ4n) is 1.15. The Bertz CT molecular complexity index is 362. The summed E-state index contributed by atoms with van der Waals surface area (Å²) in [5.41, 5.74) is 0.882. The highest BCUT2D eigenvalue weighted by Gasteiger charge is 2.17. The van der Waals surface area contributed by atoms with Crippen molar-refractivity contribution in [1.29, 1.82) is 0 Å². The van der Waals surface area contributed by atoms with Gasteiger partial charge in [-0.25, -0.2) is 0 Å². The number of hydrogen-bond acceptors (Lipinski definition) is 2. The lowest BCUT2D eigenvalue weighted by Gasteiger charge is -2.17. The summed E-state index contributed by atoms with van der Waals surface area (Å²) in [6.07, 6.45) is 0. The van der Waals surface area contributed by atoms with Crippen LogP contribution in [0.3, 0.4) is 0 Å². The minimum atomic E-state index is -0.949. The number of benzene rings is 1. The van der Waals surface area contributed by atoms with Crippen LogP contribution in [0, 0.1) is 0 Å². The maximum atomic E-state index is 11.5. The number of rotatable bonds is 0. The predicted octanol–water partition coefficient (Wildman–Crippen LogP) is 1.55. The maximum absolute atomic E-state index is 11.5. The average Bonchev–Trinajstić information content (AvgIpc) is 2.04. The molecule has 4 heteroatoms. The smallest absolute Gasteiger partial charge is 0.0928 e. The standard InChI is InChI=1S/C8H7NOS2/c10-12-5-8(11)9-6-3-1-2-4-7(6)12/h1-4H,5H2,(H,9,11). The summed E-state index contributed by atoms with van der Waals surface area (Å²) >= 11 is 4.95. The molecule has 0 bridgehead atoms. The molecule has 1 aromatic carbocycles. The lowest BCUT2D eigenvalue weighted by Crippen LogP contribution is -2.23. The van der Waals surface area contributed by atoms with Crippen molar-refractivity contribution in [1.82, 2.24) is 0 Å². The fourth-order valence-corrected chi connectivity index (χ4v) is 2.64. The van der Waals surface area contributed by atoms with E-state index in [1.165, 1.54) is 0 Å². The molecular formula is C8H7NOS2. The Hall–Kier alpha value is -0.740. The second-order valence-electron chi connectivity index (χ2n) is 2.53. The quantitative estimate of drug-likeness (QED) is 0.640. The molecule has 0 radical (unpaired) electrons. The first-order chi connectivity index (χ1) is 5.77. The van der Waals surface area contributed by atoms with E-state index in [1.54, 1.807) is 0 Å². The van der Waals surface area contributed by atoms with Crippen LogP contribution < -0.4 is 5.32 Å². The second kappa shape index (κ2) is 2.95. The number of thiocarbonyl (C=S) groups is 1. The van der Waals surface area contributed by atoms with Gasteiger partial charge in [0.25, 0.3) is 0 Å². The van der Waals surface area contributed by atoms with Gasteiger partial charge < -0.3 is 5.32 Å². The van der Waals surface area contributed by atoms with E-state index in [1.807, 2.05) is 24.3 Å². The van der Waals surface area contributed by atoms with E-state index in [4.69, 9.17) is 12.2 Å². The Morgan fingerprint density at radius 3 is 3.00 bits per heavy atom. The molecular weight excluding hydrogens is 190 g/mol. The van der Waals surface area contributed by atoms with Crippen LogP contribution in [0.25, 0.3) is 0 Å². The first-order valence-electron chi connectivity index (χ1n) is 3.54. The first kappa shape index (κ1) is 7.89. The van der Waals surface area contributed by atoms with Crippen molar-refractivity contribution < 1.29 is 4.21 Å². The number of anilines is 1. The molecule has 12 heavy (non-hydrogen) atoms. The number of para-hydroxylation sites is 1. The van der Waals surface area contributed by atoms with Gasteiger partial charge in [0.1, 0.15) is 0 Å². The predicted molar refractivity (Wildman–Crippen MR) is 53.9 cm³/mol. The number of fused-ring (bicyclic) bond motifs is 1. The summed E-state index contributed by atoms with van der Waals surface area (Å²) in [6.45, 7) is 0. The van der Waals surface area contributed by atoms with Gasteiger partial charge in [-0.2, -0.15) is 0 Å². The van der Waals surface area contributed by atoms with Crippen LogP contribution in [0.15, 0.2) is 29.2 Å². The fraction of sp³-hybridized carbons (Fsp3) is 0.125. The van der Waals surface area contributed by atoms with Crippen molar-refractivity contribution in [3.05, 3.63) is 24.3 Å². The van der Waals surface area contributed by atoms with Crippen molar-refractivity contribution in [3.8, 4) is 0 Å². The molecule has 0 saturated heterocycles. The van der Waals surface area contributed by atoms with Gasteiger partial charge in [-0.1, -0.05) is 24.4 Å². The van der Waals surface area contributed by atoms with Crippen LogP contribution in [0.1, 0.15) is 0 Å². The molecule has 0 spiro atoms. The van der Waals surface area contributed by atoms with E-state index in [-0.39, 0.29) is 0 Å². The number of nitrogens with one attached hydrogen (secondary N) is 1. The average molecular weight is 197 g/mol. The third-order valence-corrected chi connectivity index (χ3v) is 3.50. The van der Waals surface area contributed by atoms with Gasteiger partial charge in [0.05, 0.1) is 32.1 Å². The van der Waals surface area contributed by atoms with Crippen LogP contribution in [-0.2, 0) is 10.8 Å². The molecule has 0 aromatic heterocycles. The zero-order valence-corrected chi connectivity index (χ0v) is 7.87. The van der Waals surface area contributed by atoms with Gasteiger partial charge in [-0.3, -0.25) is 4.21 Å². The third-order valence-electron chi connectivity index (χ3n) is 1.67. The molecule has 1 unspecified atom stereocenters. The highest BCUT2D eigenvalue weighted by molar-refractivity contribution is 7.89. The Morgan fingerprint density at radius 1 is 1.42 bits per heavy atom. The molecule has 2 nitrogen and oxygen atoms in total. The van der Waals surface area contributed by atoms with Gasteiger partial charge in [-0.15, -0.1) is 0 Å². The second-order valence-corrected chi connectivity index (χ2v) is 4.45. The normalized spacial score (nSPS) is 21.3. The highest BCUT2D eigenvalue weighted by Crippen LogP contribution is 2.23. The van der Waals surface area contributed by atoms with Crippen molar-refractivity contribution in [2.45, 2.75) is 4.90 Å². The Labute approximate surface area is 78.4 Å². The van der Waals surface area contributed by atoms with Crippen molar-refractivity contribution in [2.75, 3.05) is 11.1 Å². The third kappa shape index (κ3) is 1.28. The molecule has 0 amide bonds. The maximum Gasteiger partial charge on any atom is 0.0928 e. The van der Waals surface area contributed by atoms with Crippen LogP contribution in [0.2, 0.25) is 0 Å². The molecule has 62 valence electrons. The lowest BCUT2D eigenvalue weighted by atomic mass is 10.3. The van der Waals surface area contributed by atoms with E-state index in [0.717, 1.165) is 10.6 Å². The van der Waals surface area contributed by atoms with Crippen molar-refractivity contribution in [3.63, 3.8) is 0 Å². The Balaban J connectivity index is 2.54. The van der Waals surface area contributed by atoms with E-state index in [0.29, 0.717) is 10.7 Å². The van der Waals surface area contributed by atoms with Gasteiger partial charge in [0.15, 0.2) is 0 Å². The van der Waals surface area contributed by atoms with Crippen LogP contribution in [0.5, 0.6) is 0 Å². The minimum absolute atomic E-state index is 0.451. The minimum Gasteiger partial charge on any atom is -0.348 e. The molecule has 0 aliphatic carbocycles. The van der Waals surface area contributed by atoms with E-state index in [9.17, 15) is 4.21 Å². The molecule has 1 N–H and O–H groups in total. The molecule has 1 aliphatic heterocycles. The molecule has 1 aliphatic rings. The molecule has 2 rings (SSSR count). The molecule has 1 atom stereocenters. The monoisotopic (exact) mass is 197 g/mol. The zero-order chi connectivity index (χ0) is 8.55. The summed E-state index contributed by atoms with van der Waals surface area (Å²) in [5.74, 6) is 0.451. The summed E-state index contributed by atoms with van der Waals surface area (Å²) < 4.78 is 11.5. The van der Waals surface area contributed by atoms with Crippen LogP contribution >= 0.6 is 12.2 Å². The van der Waals surface area contributed by atoms with E-state index < -0.39 is 10.8 Å². The first-order valence-corrected chi connectivity index (χ1v) is 5.27. The topological polar surface area (TPSA) is 29.1 Å². The van der Waals surface area contributed by atoms with Crippen molar-refractivity contribution in [2.24, 2.45) is 0 Å². The van der Waals surface area contributed by atoms with Gasteiger partial charge >= 0.3 is 0 Å². The summed E-state index contributed by atoms with van der Waals surface area (Å²) in [4.78, 5) is 1.51. The lowest BCUT2D eigenvalue weighted by molar-refractivity contribution is 0.685. The zero-order valence-electron chi connectivity index (χ0n) is 6.24. The van der Waals surface area contributed by atoms with Crippen LogP contribution in [-0.4, -0.2) is 15.0 Å². The van der Waals surface area contributed by atoms with Crippen LogP contribution in [0.4, 0.5) is 5.69 Å². The largest absolute Gasteiger partial charge is 0.348 e. The molecule has 1 aromatic rings. The Morgan fingerprint density at radius 2 is 2.17 bits per heavy atom. The summed E-state index contributed by atoms with van der Waals surface area (Å²) in [6, 6.07) is 7.53. The molecule has 1 heterocycles. The van der Waals surface area contributed by atoms with Gasteiger partial charge in [0.2, 0.25) is 0 Å². The van der Waals surface area contributed by atoms with Crippen molar-refractivity contribution >= 4 is 33.7 Å².